The maximum Gasteiger partial charge on any atom is 0.234 e. The lowest BCUT2D eigenvalue weighted by Crippen LogP contribution is -2.47. The van der Waals surface area contributed by atoms with Crippen LogP contribution in [0.25, 0.3) is 11.5 Å². The van der Waals surface area contributed by atoms with E-state index >= 15 is 0 Å². The molecule has 1 aromatic carbocycles. The van der Waals surface area contributed by atoms with Crippen molar-refractivity contribution in [2.24, 2.45) is 0 Å². The number of hydrogen-bond donors (Lipinski definition) is 2. The van der Waals surface area contributed by atoms with E-state index in [0.29, 0.717) is 35.1 Å². The minimum atomic E-state index is 0.424. The summed E-state index contributed by atoms with van der Waals surface area (Å²) in [6, 6.07) is 17.8. The van der Waals surface area contributed by atoms with E-state index in [1.807, 2.05) is 48.5 Å². The van der Waals surface area contributed by atoms with Crippen molar-refractivity contribution in [1.29, 1.82) is 5.26 Å². The fourth-order valence-corrected chi connectivity index (χ4v) is 4.38. The van der Waals surface area contributed by atoms with Crippen LogP contribution in [-0.4, -0.2) is 62.8 Å². The number of H-pyrrole nitrogens is 1. The van der Waals surface area contributed by atoms with Crippen molar-refractivity contribution < 1.29 is 4.42 Å². The number of furan rings is 1. The molecule has 1 saturated heterocycles. The van der Waals surface area contributed by atoms with Gasteiger partial charge in [-0.1, -0.05) is 18.2 Å². The maximum absolute atomic E-state index is 8.85. The van der Waals surface area contributed by atoms with Crippen molar-refractivity contribution in [2.45, 2.75) is 16.5 Å². The molecular formula is C23H23N9OS. The Labute approximate surface area is 201 Å². The molecule has 0 amide bonds. The second-order valence-electron chi connectivity index (χ2n) is 7.66. The predicted octanol–water partition coefficient (Wildman–Crippen LogP) is 3.79. The third kappa shape index (κ3) is 5.36. The Bertz CT molecular complexity index is 1250. The number of nitrogens with zero attached hydrogens (tertiary/aromatic N) is 7. The summed E-state index contributed by atoms with van der Waals surface area (Å²) in [6.45, 7) is 4.09. The molecule has 1 fully saturated rings. The van der Waals surface area contributed by atoms with Crippen LogP contribution in [0.5, 0.6) is 0 Å². The van der Waals surface area contributed by atoms with Crippen molar-refractivity contribution in [3.05, 3.63) is 54.8 Å². The van der Waals surface area contributed by atoms with Gasteiger partial charge in [0.25, 0.3) is 0 Å². The van der Waals surface area contributed by atoms with Gasteiger partial charge in [0.1, 0.15) is 5.69 Å². The SMILES string of the molecule is N#CCCN1CCN(c2nc(Nc3cc(-c4ccco4)[nH]n3)nc(Sc3ccccc3)n2)CC1. The molecule has 0 radical (unpaired) electrons. The Balaban J connectivity index is 1.37. The molecule has 0 aliphatic carbocycles. The summed E-state index contributed by atoms with van der Waals surface area (Å²) in [5.41, 5.74) is 0.758. The second-order valence-corrected chi connectivity index (χ2v) is 8.70. The van der Waals surface area contributed by atoms with Crippen LogP contribution in [0, 0.1) is 11.3 Å². The summed E-state index contributed by atoms with van der Waals surface area (Å²) < 4.78 is 5.43. The number of hydrogen-bond acceptors (Lipinski definition) is 10. The first-order chi connectivity index (χ1) is 16.8. The van der Waals surface area contributed by atoms with Crippen LogP contribution in [0.3, 0.4) is 0 Å². The lowest BCUT2D eigenvalue weighted by Gasteiger charge is -2.34. The van der Waals surface area contributed by atoms with Gasteiger partial charge in [0.15, 0.2) is 16.7 Å². The third-order valence-corrected chi connectivity index (χ3v) is 6.23. The first-order valence-corrected chi connectivity index (χ1v) is 11.8. The van der Waals surface area contributed by atoms with Crippen molar-refractivity contribution >= 4 is 29.5 Å². The van der Waals surface area contributed by atoms with Gasteiger partial charge in [0.05, 0.1) is 12.3 Å². The second kappa shape index (κ2) is 10.4. The van der Waals surface area contributed by atoms with Gasteiger partial charge < -0.3 is 14.6 Å². The van der Waals surface area contributed by atoms with Gasteiger partial charge in [-0.05, 0) is 36.0 Å². The zero-order chi connectivity index (χ0) is 23.2. The number of piperazine rings is 1. The predicted molar refractivity (Wildman–Crippen MR) is 129 cm³/mol. The molecule has 0 saturated carbocycles. The van der Waals surface area contributed by atoms with Crippen molar-refractivity contribution in [2.75, 3.05) is 42.9 Å². The van der Waals surface area contributed by atoms with E-state index < -0.39 is 0 Å². The quantitative estimate of drug-likeness (QED) is 0.391. The number of aromatic nitrogens is 5. The number of benzene rings is 1. The van der Waals surface area contributed by atoms with Crippen LogP contribution in [0.4, 0.5) is 17.7 Å². The summed E-state index contributed by atoms with van der Waals surface area (Å²) >= 11 is 1.49. The summed E-state index contributed by atoms with van der Waals surface area (Å²) in [5, 5.41) is 19.9. The van der Waals surface area contributed by atoms with Gasteiger partial charge in [-0.2, -0.15) is 25.3 Å². The Morgan fingerprint density at radius 2 is 1.91 bits per heavy atom. The van der Waals surface area contributed by atoms with E-state index in [9.17, 15) is 0 Å². The number of aromatic amines is 1. The fraction of sp³-hybridized carbons (Fsp3) is 0.261. The monoisotopic (exact) mass is 473 g/mol. The van der Waals surface area contributed by atoms with Gasteiger partial charge in [-0.25, -0.2) is 0 Å². The molecular weight excluding hydrogens is 450 g/mol. The Hall–Kier alpha value is -3.88. The molecule has 0 bridgehead atoms. The molecule has 0 atom stereocenters. The molecule has 0 unspecified atom stereocenters. The molecule has 1 aliphatic heterocycles. The van der Waals surface area contributed by atoms with E-state index in [2.05, 4.69) is 41.4 Å². The largest absolute Gasteiger partial charge is 0.463 e. The molecule has 11 heteroatoms. The summed E-state index contributed by atoms with van der Waals surface area (Å²) in [6.07, 6.45) is 2.16. The van der Waals surface area contributed by atoms with Crippen LogP contribution in [0.15, 0.2) is 69.3 Å². The molecule has 0 spiro atoms. The van der Waals surface area contributed by atoms with E-state index in [4.69, 9.17) is 14.7 Å². The molecule has 172 valence electrons. The summed E-state index contributed by atoms with van der Waals surface area (Å²) in [5.74, 6) is 2.33. The molecule has 5 rings (SSSR count). The van der Waals surface area contributed by atoms with Gasteiger partial charge in [-0.15, -0.1) is 0 Å². The molecule has 4 aromatic rings. The normalized spacial score (nSPS) is 14.1. The van der Waals surface area contributed by atoms with Crippen LogP contribution in [-0.2, 0) is 0 Å². The van der Waals surface area contributed by atoms with E-state index in [1.54, 1.807) is 6.26 Å². The van der Waals surface area contributed by atoms with Crippen LogP contribution < -0.4 is 10.2 Å². The Morgan fingerprint density at radius 3 is 2.68 bits per heavy atom. The van der Waals surface area contributed by atoms with Gasteiger partial charge in [0.2, 0.25) is 11.9 Å². The number of nitrogens with one attached hydrogen (secondary N) is 2. The average molecular weight is 474 g/mol. The zero-order valence-corrected chi connectivity index (χ0v) is 19.2. The van der Waals surface area contributed by atoms with E-state index in [1.165, 1.54) is 11.8 Å². The van der Waals surface area contributed by atoms with E-state index in [0.717, 1.165) is 43.3 Å². The number of anilines is 3. The van der Waals surface area contributed by atoms with Crippen LogP contribution in [0.1, 0.15) is 6.42 Å². The lowest BCUT2D eigenvalue weighted by atomic mass is 10.3. The molecule has 34 heavy (non-hydrogen) atoms. The minimum Gasteiger partial charge on any atom is -0.463 e. The highest BCUT2D eigenvalue weighted by molar-refractivity contribution is 7.99. The van der Waals surface area contributed by atoms with E-state index in [-0.39, 0.29) is 0 Å². The summed E-state index contributed by atoms with van der Waals surface area (Å²) in [4.78, 5) is 19.5. The van der Waals surface area contributed by atoms with Gasteiger partial charge >= 0.3 is 0 Å². The number of nitriles is 1. The standard InChI is InChI=1S/C23H23N9OS/c24-9-5-10-31-11-13-32(14-12-31)22-26-21(27-23(28-22)34-17-6-2-1-3-7-17)25-20-16-18(29-30-20)19-8-4-15-33-19/h1-4,6-8,15-16H,5,10-14H2,(H2,25,26,27,28,29,30). The van der Waals surface area contributed by atoms with Gasteiger partial charge in [0, 0.05) is 50.1 Å². The summed E-state index contributed by atoms with van der Waals surface area (Å²) in [7, 11) is 0. The molecule has 10 nitrogen and oxygen atoms in total. The van der Waals surface area contributed by atoms with Crippen molar-refractivity contribution in [1.82, 2.24) is 30.0 Å². The molecule has 2 N–H and O–H groups in total. The average Bonchev–Trinajstić information content (AvgIpc) is 3.56. The highest BCUT2D eigenvalue weighted by atomic mass is 32.2. The zero-order valence-electron chi connectivity index (χ0n) is 18.4. The first-order valence-electron chi connectivity index (χ1n) is 11.0. The Morgan fingerprint density at radius 1 is 1.06 bits per heavy atom. The third-order valence-electron chi connectivity index (χ3n) is 5.35. The Kier molecular flexibility index (Phi) is 6.69. The first kappa shape index (κ1) is 21.9. The highest BCUT2D eigenvalue weighted by Crippen LogP contribution is 2.28. The molecule has 4 heterocycles. The number of rotatable bonds is 8. The van der Waals surface area contributed by atoms with Crippen molar-refractivity contribution in [3.8, 4) is 17.5 Å². The highest BCUT2D eigenvalue weighted by Gasteiger charge is 2.21. The molecule has 1 aliphatic rings. The topological polar surface area (TPSA) is 123 Å². The van der Waals surface area contributed by atoms with Crippen molar-refractivity contribution in [3.63, 3.8) is 0 Å². The lowest BCUT2D eigenvalue weighted by molar-refractivity contribution is 0.262. The van der Waals surface area contributed by atoms with Crippen LogP contribution >= 0.6 is 11.8 Å². The fourth-order valence-electron chi connectivity index (χ4n) is 3.62. The molecule has 3 aromatic heterocycles. The van der Waals surface area contributed by atoms with Crippen LogP contribution in [0.2, 0.25) is 0 Å². The maximum atomic E-state index is 8.85. The minimum absolute atomic E-state index is 0.424. The van der Waals surface area contributed by atoms with Gasteiger partial charge in [-0.3, -0.25) is 10.00 Å². The smallest absolute Gasteiger partial charge is 0.234 e.